The molecule has 2 heterocycles. The number of methoxy groups -OCH3 is 1. The molecule has 0 aliphatic rings. The Balaban J connectivity index is 1.37. The minimum absolute atomic E-state index is 0.283. The zero-order valence-corrected chi connectivity index (χ0v) is 24.3. The van der Waals surface area contributed by atoms with E-state index < -0.39 is 0 Å². The number of hydrogen-bond acceptors (Lipinski definition) is 6. The molecular weight excluding hydrogens is 638 g/mol. The lowest BCUT2D eigenvalue weighted by atomic mass is 10.2. The zero-order valence-electron chi connectivity index (χ0n) is 21.2. The highest BCUT2D eigenvalue weighted by Crippen LogP contribution is 2.33. The predicted octanol–water partition coefficient (Wildman–Crippen LogP) is 7.80. The second-order valence-electron chi connectivity index (χ2n) is 8.89. The fraction of sp³-hybridized carbons (Fsp3) is 0.0645. The van der Waals surface area contributed by atoms with E-state index in [1.807, 2.05) is 72.8 Å². The molecule has 0 bridgehead atoms. The van der Waals surface area contributed by atoms with Gasteiger partial charge in [-0.05, 0) is 60.2 Å². The summed E-state index contributed by atoms with van der Waals surface area (Å²) in [5, 5.41) is 5.79. The molecule has 0 saturated carbocycles. The first kappa shape index (κ1) is 26.0. The van der Waals surface area contributed by atoms with Crippen molar-refractivity contribution in [2.24, 2.45) is 5.10 Å². The number of aromatic nitrogens is 2. The van der Waals surface area contributed by atoms with Crippen LogP contribution < -0.4 is 15.0 Å². The van der Waals surface area contributed by atoms with Gasteiger partial charge in [0.05, 0.1) is 29.6 Å². The van der Waals surface area contributed by atoms with Gasteiger partial charge in [-0.25, -0.2) is 4.98 Å². The van der Waals surface area contributed by atoms with Crippen LogP contribution in [-0.4, -0.2) is 23.0 Å². The minimum Gasteiger partial charge on any atom is -0.496 e. The van der Waals surface area contributed by atoms with Crippen molar-refractivity contribution in [2.75, 3.05) is 7.11 Å². The van der Waals surface area contributed by atoms with E-state index >= 15 is 0 Å². The molecule has 7 nitrogen and oxygen atoms in total. The molecule has 6 aromatic rings. The number of benzene rings is 4. The molecule has 0 N–H and O–H groups in total. The largest absolute Gasteiger partial charge is 0.496 e. The number of hydrogen-bond donors (Lipinski definition) is 0. The quantitative estimate of drug-likeness (QED) is 0.164. The summed E-state index contributed by atoms with van der Waals surface area (Å²) in [7, 11) is 1.60. The first-order valence-corrected chi connectivity index (χ1v) is 13.9. The molecule has 0 unspecified atom stereocenters. The fourth-order valence-corrected chi connectivity index (χ4v) is 5.48. The van der Waals surface area contributed by atoms with E-state index in [0.717, 1.165) is 25.5 Å². The van der Waals surface area contributed by atoms with E-state index in [1.54, 1.807) is 31.5 Å². The number of fused-ring (bicyclic) bond motifs is 2. The third kappa shape index (κ3) is 5.17. The Bertz CT molecular complexity index is 1960. The second-order valence-corrected chi connectivity index (χ2v) is 10.7. The highest BCUT2D eigenvalue weighted by atomic mass is 79.9. The van der Waals surface area contributed by atoms with Crippen LogP contribution in [0.2, 0.25) is 0 Å². The number of furan rings is 1. The Hall–Kier alpha value is -4.21. The van der Waals surface area contributed by atoms with Gasteiger partial charge in [0.25, 0.3) is 5.56 Å². The molecule has 4 aromatic carbocycles. The van der Waals surface area contributed by atoms with Gasteiger partial charge in [-0.3, -0.25) is 4.79 Å². The van der Waals surface area contributed by atoms with E-state index in [-0.39, 0.29) is 11.4 Å². The third-order valence-corrected chi connectivity index (χ3v) is 7.54. The molecule has 0 fully saturated rings. The van der Waals surface area contributed by atoms with Gasteiger partial charge in [0.2, 0.25) is 5.82 Å². The van der Waals surface area contributed by atoms with Gasteiger partial charge < -0.3 is 13.9 Å². The van der Waals surface area contributed by atoms with Crippen molar-refractivity contribution in [2.45, 2.75) is 6.61 Å². The molecule has 2 aromatic heterocycles. The van der Waals surface area contributed by atoms with Crippen LogP contribution in [0.15, 0.2) is 114 Å². The highest BCUT2D eigenvalue weighted by molar-refractivity contribution is 9.11. The average Bonchev–Trinajstić information content (AvgIpc) is 3.41. The van der Waals surface area contributed by atoms with Crippen LogP contribution >= 0.6 is 31.9 Å². The Kier molecular flexibility index (Phi) is 7.23. The average molecular weight is 659 g/mol. The van der Waals surface area contributed by atoms with Crippen LogP contribution in [0, 0.1) is 0 Å². The van der Waals surface area contributed by atoms with E-state index in [1.165, 1.54) is 4.68 Å². The lowest BCUT2D eigenvalue weighted by Crippen LogP contribution is -2.20. The minimum atomic E-state index is -0.309. The smallest absolute Gasteiger partial charge is 0.282 e. The molecule has 0 atom stereocenters. The lowest BCUT2D eigenvalue weighted by molar-refractivity contribution is 0.305. The molecule has 6 rings (SSSR count). The van der Waals surface area contributed by atoms with Crippen molar-refractivity contribution in [1.29, 1.82) is 0 Å². The summed E-state index contributed by atoms with van der Waals surface area (Å²) < 4.78 is 20.8. The van der Waals surface area contributed by atoms with Crippen LogP contribution in [0.4, 0.5) is 0 Å². The molecule has 0 amide bonds. The Labute approximate surface area is 245 Å². The van der Waals surface area contributed by atoms with Crippen molar-refractivity contribution in [1.82, 2.24) is 9.66 Å². The summed E-state index contributed by atoms with van der Waals surface area (Å²) >= 11 is 7.04. The van der Waals surface area contributed by atoms with Crippen LogP contribution in [0.1, 0.15) is 11.1 Å². The fourth-order valence-electron chi connectivity index (χ4n) is 4.32. The lowest BCUT2D eigenvalue weighted by Gasteiger charge is -2.09. The Morgan fingerprint density at radius 3 is 2.65 bits per heavy atom. The number of para-hydroxylation sites is 1. The molecule has 0 aliphatic carbocycles. The van der Waals surface area contributed by atoms with Crippen molar-refractivity contribution in [3.05, 3.63) is 121 Å². The van der Waals surface area contributed by atoms with E-state index in [2.05, 4.69) is 37.0 Å². The van der Waals surface area contributed by atoms with Crippen LogP contribution in [-0.2, 0) is 6.61 Å². The van der Waals surface area contributed by atoms with E-state index in [0.29, 0.717) is 40.4 Å². The maximum Gasteiger partial charge on any atom is 0.282 e. The molecule has 0 aliphatic heterocycles. The topological polar surface area (TPSA) is 78.9 Å². The monoisotopic (exact) mass is 657 g/mol. The van der Waals surface area contributed by atoms with Gasteiger partial charge >= 0.3 is 0 Å². The number of ether oxygens (including phenoxy) is 2. The molecule has 198 valence electrons. The van der Waals surface area contributed by atoms with Crippen molar-refractivity contribution in [3.63, 3.8) is 0 Å². The van der Waals surface area contributed by atoms with Gasteiger partial charge in [0.1, 0.15) is 23.7 Å². The summed E-state index contributed by atoms with van der Waals surface area (Å²) in [4.78, 5) is 18.3. The summed E-state index contributed by atoms with van der Waals surface area (Å²) in [6.07, 6.45) is 1.60. The maximum absolute atomic E-state index is 13.6. The first-order chi connectivity index (χ1) is 19.5. The molecule has 0 radical (unpaired) electrons. The number of halogens is 2. The van der Waals surface area contributed by atoms with Gasteiger partial charge in [-0.1, -0.05) is 68.3 Å². The standard InChI is InChI=1S/C31H21Br2N3O4/c1-38-27-10-5-11-28-24(27)16-29(40-28)30-35-26-9-3-2-8-23(26)31(37)36(30)34-17-19-6-4-7-22(14-19)39-18-20-12-13-21(32)15-25(20)33/h2-17H,18H2,1H3. The second kappa shape index (κ2) is 11.1. The van der Waals surface area contributed by atoms with Crippen molar-refractivity contribution in [3.8, 4) is 23.1 Å². The zero-order chi connectivity index (χ0) is 27.6. The third-order valence-electron chi connectivity index (χ3n) is 6.31. The van der Waals surface area contributed by atoms with Crippen LogP contribution in [0.5, 0.6) is 11.5 Å². The normalized spacial score (nSPS) is 11.5. The van der Waals surface area contributed by atoms with Crippen molar-refractivity contribution < 1.29 is 13.9 Å². The maximum atomic E-state index is 13.6. The first-order valence-electron chi connectivity index (χ1n) is 12.3. The van der Waals surface area contributed by atoms with Gasteiger partial charge in [-0.15, -0.1) is 0 Å². The molecular formula is C31H21Br2N3O4. The summed E-state index contributed by atoms with van der Waals surface area (Å²) in [5.74, 6) is 2.02. The Morgan fingerprint density at radius 2 is 1.80 bits per heavy atom. The van der Waals surface area contributed by atoms with Gasteiger partial charge in [-0.2, -0.15) is 9.78 Å². The van der Waals surface area contributed by atoms with E-state index in [9.17, 15) is 4.79 Å². The molecule has 9 heteroatoms. The Morgan fingerprint density at radius 1 is 0.950 bits per heavy atom. The van der Waals surface area contributed by atoms with Gasteiger partial charge in [0.15, 0.2) is 5.76 Å². The summed E-state index contributed by atoms with van der Waals surface area (Å²) in [6.45, 7) is 0.391. The molecule has 40 heavy (non-hydrogen) atoms. The SMILES string of the molecule is COc1cccc2oc(-c3nc4ccccc4c(=O)n3N=Cc3cccc(OCc4ccc(Br)cc4Br)c3)cc12. The highest BCUT2D eigenvalue weighted by Gasteiger charge is 2.18. The van der Waals surface area contributed by atoms with Gasteiger partial charge in [0, 0.05) is 14.5 Å². The summed E-state index contributed by atoms with van der Waals surface area (Å²) in [5.41, 5.74) is 2.63. The van der Waals surface area contributed by atoms with Crippen LogP contribution in [0.25, 0.3) is 33.5 Å². The predicted molar refractivity (Wildman–Crippen MR) is 163 cm³/mol. The number of rotatable bonds is 7. The summed E-state index contributed by atoms with van der Waals surface area (Å²) in [6, 6.07) is 28.0. The number of nitrogens with zero attached hydrogens (tertiary/aromatic N) is 3. The molecule has 0 saturated heterocycles. The van der Waals surface area contributed by atoms with E-state index in [4.69, 9.17) is 18.9 Å². The van der Waals surface area contributed by atoms with Crippen molar-refractivity contribution >= 4 is 59.9 Å². The molecule has 0 spiro atoms. The van der Waals surface area contributed by atoms with Crippen LogP contribution in [0.3, 0.4) is 0 Å².